The highest BCUT2D eigenvalue weighted by Crippen LogP contribution is 1.93. The van der Waals surface area contributed by atoms with Gasteiger partial charge < -0.3 is 15.8 Å². The molecule has 7 nitrogen and oxygen atoms in total. The highest BCUT2D eigenvalue weighted by molar-refractivity contribution is 7.90. The molecule has 0 aliphatic rings. The van der Waals surface area contributed by atoms with E-state index in [1.54, 1.807) is 0 Å². The largest absolute Gasteiger partial charge is 0.409 e. The molecule has 0 unspecified atom stereocenters. The molecule has 0 fully saturated rings. The van der Waals surface area contributed by atoms with Crippen molar-refractivity contribution in [3.63, 3.8) is 0 Å². The van der Waals surface area contributed by atoms with Gasteiger partial charge in [0.25, 0.3) is 0 Å². The van der Waals surface area contributed by atoms with Crippen molar-refractivity contribution in [3.8, 4) is 0 Å². The fourth-order valence-corrected chi connectivity index (χ4v) is 1.36. The van der Waals surface area contributed by atoms with Crippen LogP contribution < -0.4 is 5.73 Å². The summed E-state index contributed by atoms with van der Waals surface area (Å²) in [5.74, 6) is -0.703. The molecule has 0 atom stereocenters. The van der Waals surface area contributed by atoms with Crippen molar-refractivity contribution in [3.05, 3.63) is 0 Å². The lowest BCUT2D eigenvalue weighted by Crippen LogP contribution is -2.34. The zero-order chi connectivity index (χ0) is 12.1. The van der Waals surface area contributed by atoms with Gasteiger partial charge in [-0.25, -0.2) is 8.42 Å². The molecule has 15 heavy (non-hydrogen) atoms. The Labute approximate surface area is 88.5 Å². The van der Waals surface area contributed by atoms with Crippen LogP contribution in [0.2, 0.25) is 0 Å². The molecule has 88 valence electrons. The van der Waals surface area contributed by atoms with Crippen LogP contribution in [0.4, 0.5) is 0 Å². The molecular weight excluding hydrogens is 222 g/mol. The number of amides is 1. The first-order valence-corrected chi connectivity index (χ1v) is 6.20. The summed E-state index contributed by atoms with van der Waals surface area (Å²) in [5, 5.41) is 10.9. The lowest BCUT2D eigenvalue weighted by molar-refractivity contribution is -0.128. The van der Waals surface area contributed by atoms with Crippen LogP contribution >= 0.6 is 0 Å². The number of nitrogens with zero attached hydrogens (tertiary/aromatic N) is 2. The SMILES string of the molecule is CN(CCS(C)(=O)=O)C(=O)CC(N)=NO. The molecule has 0 bridgehead atoms. The number of hydrogen-bond donors (Lipinski definition) is 2. The van der Waals surface area contributed by atoms with Crippen molar-refractivity contribution < 1.29 is 18.4 Å². The molecule has 0 aromatic carbocycles. The summed E-state index contributed by atoms with van der Waals surface area (Å²) < 4.78 is 21.6. The first kappa shape index (κ1) is 13.7. The van der Waals surface area contributed by atoms with E-state index in [0.717, 1.165) is 6.26 Å². The minimum atomic E-state index is -3.09. The molecule has 0 aromatic heterocycles. The van der Waals surface area contributed by atoms with Crippen molar-refractivity contribution in [1.82, 2.24) is 4.90 Å². The van der Waals surface area contributed by atoms with Gasteiger partial charge in [-0.05, 0) is 0 Å². The van der Waals surface area contributed by atoms with Gasteiger partial charge in [0.2, 0.25) is 5.91 Å². The Balaban J connectivity index is 4.12. The zero-order valence-electron chi connectivity index (χ0n) is 8.67. The normalized spacial score (nSPS) is 12.5. The maximum Gasteiger partial charge on any atom is 0.230 e. The summed E-state index contributed by atoms with van der Waals surface area (Å²) in [4.78, 5) is 12.5. The summed E-state index contributed by atoms with van der Waals surface area (Å²) in [6.07, 6.45) is 0.867. The maximum atomic E-state index is 11.3. The number of sulfone groups is 1. The average molecular weight is 237 g/mol. The quantitative estimate of drug-likeness (QED) is 0.265. The van der Waals surface area contributed by atoms with Crippen LogP contribution in [0.3, 0.4) is 0 Å². The Bertz CT molecular complexity index is 349. The van der Waals surface area contributed by atoms with Crippen molar-refractivity contribution in [1.29, 1.82) is 0 Å². The van der Waals surface area contributed by atoms with Gasteiger partial charge in [-0.1, -0.05) is 5.16 Å². The molecule has 3 N–H and O–H groups in total. The van der Waals surface area contributed by atoms with Crippen molar-refractivity contribution in [2.75, 3.05) is 25.6 Å². The van der Waals surface area contributed by atoms with Crippen molar-refractivity contribution >= 4 is 21.6 Å². The van der Waals surface area contributed by atoms with Gasteiger partial charge in [0, 0.05) is 19.8 Å². The Kier molecular flexibility index (Phi) is 5.06. The van der Waals surface area contributed by atoms with Gasteiger partial charge in [-0.15, -0.1) is 0 Å². The van der Waals surface area contributed by atoms with Crippen LogP contribution in [-0.2, 0) is 14.6 Å². The first-order valence-electron chi connectivity index (χ1n) is 4.14. The van der Waals surface area contributed by atoms with E-state index in [4.69, 9.17) is 10.9 Å². The monoisotopic (exact) mass is 237 g/mol. The second kappa shape index (κ2) is 5.54. The van der Waals surface area contributed by atoms with E-state index in [1.165, 1.54) is 11.9 Å². The van der Waals surface area contributed by atoms with E-state index < -0.39 is 15.7 Å². The highest BCUT2D eigenvalue weighted by Gasteiger charge is 2.12. The number of carbonyl (C=O) groups excluding carboxylic acids is 1. The second-order valence-electron chi connectivity index (χ2n) is 3.21. The molecule has 8 heteroatoms. The molecule has 0 rings (SSSR count). The molecule has 0 spiro atoms. The predicted octanol–water partition coefficient (Wildman–Crippen LogP) is -1.37. The summed E-state index contributed by atoms with van der Waals surface area (Å²) in [6.45, 7) is 0.0936. The highest BCUT2D eigenvalue weighted by atomic mass is 32.2. The topological polar surface area (TPSA) is 113 Å². The van der Waals surface area contributed by atoms with Crippen molar-refractivity contribution in [2.24, 2.45) is 10.9 Å². The molecule has 0 saturated carbocycles. The van der Waals surface area contributed by atoms with E-state index in [-0.39, 0.29) is 24.6 Å². The number of nitrogens with two attached hydrogens (primary N) is 1. The summed E-state index contributed by atoms with van der Waals surface area (Å²) in [6, 6.07) is 0. The van der Waals surface area contributed by atoms with E-state index >= 15 is 0 Å². The summed E-state index contributed by atoms with van der Waals surface area (Å²) in [5.41, 5.74) is 5.13. The van der Waals surface area contributed by atoms with E-state index in [2.05, 4.69) is 5.16 Å². The Morgan fingerprint density at radius 3 is 2.47 bits per heavy atom. The van der Waals surface area contributed by atoms with Crippen LogP contribution in [0.25, 0.3) is 0 Å². The number of hydrogen-bond acceptors (Lipinski definition) is 5. The molecule has 0 aromatic rings. The van der Waals surface area contributed by atoms with Crippen LogP contribution in [0, 0.1) is 0 Å². The third kappa shape index (κ3) is 6.72. The fourth-order valence-electron chi connectivity index (χ4n) is 0.753. The van der Waals surface area contributed by atoms with Gasteiger partial charge in [0.1, 0.15) is 15.7 Å². The smallest absolute Gasteiger partial charge is 0.230 e. The van der Waals surface area contributed by atoms with E-state index in [0.29, 0.717) is 0 Å². The third-order valence-corrected chi connectivity index (χ3v) is 2.61. The van der Waals surface area contributed by atoms with Crippen molar-refractivity contribution in [2.45, 2.75) is 6.42 Å². The fraction of sp³-hybridized carbons (Fsp3) is 0.714. The van der Waals surface area contributed by atoms with E-state index in [1.807, 2.05) is 0 Å². The van der Waals surface area contributed by atoms with Crippen LogP contribution in [0.5, 0.6) is 0 Å². The van der Waals surface area contributed by atoms with E-state index in [9.17, 15) is 13.2 Å². The average Bonchev–Trinajstić information content (AvgIpc) is 2.12. The standard InChI is InChI=1S/C7H15N3O4S/c1-10(3-4-15(2,13)14)7(11)5-6(8)9-12/h12H,3-5H2,1-2H3,(H2,8,9). The zero-order valence-corrected chi connectivity index (χ0v) is 9.49. The lowest BCUT2D eigenvalue weighted by atomic mass is 10.3. The molecule has 0 aliphatic carbocycles. The van der Waals surface area contributed by atoms with Crippen LogP contribution in [0.15, 0.2) is 5.16 Å². The lowest BCUT2D eigenvalue weighted by Gasteiger charge is -2.15. The molecular formula is C7H15N3O4S. The Hall–Kier alpha value is -1.31. The molecule has 0 saturated heterocycles. The third-order valence-electron chi connectivity index (χ3n) is 1.68. The summed E-state index contributed by atoms with van der Waals surface area (Å²) >= 11 is 0. The van der Waals surface area contributed by atoms with Gasteiger partial charge in [-0.3, -0.25) is 4.79 Å². The van der Waals surface area contributed by atoms with Crippen LogP contribution in [-0.4, -0.2) is 55.9 Å². The number of oxime groups is 1. The minimum absolute atomic E-state index is 0.0936. The molecule has 0 aliphatic heterocycles. The Morgan fingerprint density at radius 2 is 2.07 bits per heavy atom. The predicted molar refractivity (Wildman–Crippen MR) is 55.4 cm³/mol. The van der Waals surface area contributed by atoms with Gasteiger partial charge >= 0.3 is 0 Å². The van der Waals surface area contributed by atoms with Gasteiger partial charge in [0.15, 0.2) is 0 Å². The number of rotatable bonds is 5. The van der Waals surface area contributed by atoms with Gasteiger partial charge in [-0.2, -0.15) is 0 Å². The second-order valence-corrected chi connectivity index (χ2v) is 5.47. The molecule has 0 radical (unpaired) electrons. The summed E-state index contributed by atoms with van der Waals surface area (Å²) in [7, 11) is -1.63. The maximum absolute atomic E-state index is 11.3. The van der Waals surface area contributed by atoms with Gasteiger partial charge in [0.05, 0.1) is 12.2 Å². The molecule has 1 amide bonds. The number of carbonyl (C=O) groups is 1. The molecule has 0 heterocycles. The number of amidine groups is 1. The first-order chi connectivity index (χ1) is 6.76. The minimum Gasteiger partial charge on any atom is -0.409 e. The Morgan fingerprint density at radius 1 is 1.53 bits per heavy atom. The van der Waals surface area contributed by atoms with Crippen LogP contribution in [0.1, 0.15) is 6.42 Å².